The third-order valence-corrected chi connectivity index (χ3v) is 5.14. The summed E-state index contributed by atoms with van der Waals surface area (Å²) in [5.41, 5.74) is -0.335. The SMILES string of the molecule is CC(C)(OC(=O)NCCC1CC=CCC1)C1CCCCC1. The number of nitrogens with one attached hydrogen (secondary N) is 1. The summed E-state index contributed by atoms with van der Waals surface area (Å²) in [6.07, 6.45) is 15.2. The average molecular weight is 293 g/mol. The molecular weight excluding hydrogens is 262 g/mol. The summed E-state index contributed by atoms with van der Waals surface area (Å²) in [5.74, 6) is 1.24. The quantitative estimate of drug-likeness (QED) is 0.738. The van der Waals surface area contributed by atoms with E-state index in [4.69, 9.17) is 4.74 Å². The molecule has 2 aliphatic rings. The first kappa shape index (κ1) is 16.4. The van der Waals surface area contributed by atoms with Crippen LogP contribution in [-0.2, 0) is 4.74 Å². The molecular formula is C18H31NO2. The Balaban J connectivity index is 1.66. The van der Waals surface area contributed by atoms with E-state index in [2.05, 4.69) is 31.3 Å². The van der Waals surface area contributed by atoms with E-state index < -0.39 is 0 Å². The van der Waals surface area contributed by atoms with Crippen molar-refractivity contribution in [3.63, 3.8) is 0 Å². The fourth-order valence-corrected chi connectivity index (χ4v) is 3.65. The molecule has 3 heteroatoms. The second kappa shape index (κ2) is 7.86. The third kappa shape index (κ3) is 5.37. The zero-order valence-corrected chi connectivity index (χ0v) is 13.7. The summed E-state index contributed by atoms with van der Waals surface area (Å²) in [6.45, 7) is 4.86. The smallest absolute Gasteiger partial charge is 0.407 e. The first-order valence-electron chi connectivity index (χ1n) is 8.70. The van der Waals surface area contributed by atoms with Crippen LogP contribution in [0.1, 0.15) is 71.6 Å². The van der Waals surface area contributed by atoms with Gasteiger partial charge in [0.1, 0.15) is 5.60 Å². The molecule has 0 heterocycles. The lowest BCUT2D eigenvalue weighted by molar-refractivity contribution is -0.0185. The molecule has 1 saturated carbocycles. The minimum Gasteiger partial charge on any atom is -0.443 e. The molecule has 2 aliphatic carbocycles. The fraction of sp³-hybridized carbons (Fsp3) is 0.833. The molecule has 21 heavy (non-hydrogen) atoms. The number of ether oxygens (including phenoxy) is 1. The first-order chi connectivity index (χ1) is 10.1. The first-order valence-corrected chi connectivity index (χ1v) is 8.70. The van der Waals surface area contributed by atoms with Gasteiger partial charge in [0.15, 0.2) is 0 Å². The maximum atomic E-state index is 12.0. The van der Waals surface area contributed by atoms with E-state index in [9.17, 15) is 4.79 Å². The Morgan fingerprint density at radius 1 is 1.19 bits per heavy atom. The van der Waals surface area contributed by atoms with Gasteiger partial charge in [0.05, 0.1) is 0 Å². The zero-order chi connectivity index (χ0) is 15.1. The van der Waals surface area contributed by atoms with Gasteiger partial charge in [-0.3, -0.25) is 0 Å². The van der Waals surface area contributed by atoms with E-state index in [0.29, 0.717) is 5.92 Å². The number of carbonyl (C=O) groups excluding carboxylic acids is 1. The molecule has 1 N–H and O–H groups in total. The molecule has 0 saturated heterocycles. The second-order valence-corrected chi connectivity index (χ2v) is 7.19. The lowest BCUT2D eigenvalue weighted by Crippen LogP contribution is -2.41. The van der Waals surface area contributed by atoms with E-state index in [0.717, 1.165) is 25.3 Å². The molecule has 0 bridgehead atoms. The summed E-state index contributed by atoms with van der Waals surface area (Å²) >= 11 is 0. The normalized spacial score (nSPS) is 23.8. The van der Waals surface area contributed by atoms with Gasteiger partial charge in [-0.05, 0) is 64.2 Å². The monoisotopic (exact) mass is 293 g/mol. The molecule has 1 atom stereocenters. The van der Waals surface area contributed by atoms with Crippen molar-refractivity contribution in [2.45, 2.75) is 77.2 Å². The number of rotatable bonds is 5. The predicted molar refractivity (Wildman–Crippen MR) is 86.2 cm³/mol. The molecule has 0 radical (unpaired) electrons. The molecule has 1 amide bonds. The highest BCUT2D eigenvalue weighted by molar-refractivity contribution is 5.67. The number of hydrogen-bond acceptors (Lipinski definition) is 2. The predicted octanol–water partition coefficient (Wildman–Crippen LogP) is 4.82. The number of amides is 1. The Morgan fingerprint density at radius 3 is 2.62 bits per heavy atom. The van der Waals surface area contributed by atoms with Gasteiger partial charge >= 0.3 is 6.09 Å². The van der Waals surface area contributed by atoms with Crippen LogP contribution in [0.4, 0.5) is 4.79 Å². The zero-order valence-electron chi connectivity index (χ0n) is 13.7. The van der Waals surface area contributed by atoms with Crippen LogP contribution in [0, 0.1) is 11.8 Å². The van der Waals surface area contributed by atoms with Crippen LogP contribution in [0.25, 0.3) is 0 Å². The second-order valence-electron chi connectivity index (χ2n) is 7.19. The molecule has 0 aromatic carbocycles. The van der Waals surface area contributed by atoms with Crippen molar-refractivity contribution in [1.29, 1.82) is 0 Å². The van der Waals surface area contributed by atoms with Gasteiger partial charge in [0.2, 0.25) is 0 Å². The highest BCUT2D eigenvalue weighted by atomic mass is 16.6. The molecule has 1 unspecified atom stereocenters. The number of alkyl carbamates (subject to hydrolysis) is 1. The highest BCUT2D eigenvalue weighted by Crippen LogP contribution is 2.34. The maximum absolute atomic E-state index is 12.0. The van der Waals surface area contributed by atoms with Gasteiger partial charge in [-0.25, -0.2) is 4.79 Å². The standard InChI is InChI=1S/C18H31NO2/c1-18(2,16-11-7-4-8-12-16)21-17(20)19-14-13-15-9-5-3-6-10-15/h3,5,15-16H,4,6-14H2,1-2H3,(H,19,20). The van der Waals surface area contributed by atoms with Crippen LogP contribution in [0.3, 0.4) is 0 Å². The summed E-state index contributed by atoms with van der Waals surface area (Å²) in [5, 5.41) is 2.94. The Hall–Kier alpha value is -0.990. The van der Waals surface area contributed by atoms with Gasteiger partial charge in [0, 0.05) is 6.54 Å². The average Bonchev–Trinajstić information content (AvgIpc) is 2.49. The minimum absolute atomic E-state index is 0.239. The topological polar surface area (TPSA) is 38.3 Å². The fourth-order valence-electron chi connectivity index (χ4n) is 3.65. The molecule has 0 aliphatic heterocycles. The van der Waals surface area contributed by atoms with E-state index >= 15 is 0 Å². The van der Waals surface area contributed by atoms with Crippen LogP contribution < -0.4 is 5.32 Å². The van der Waals surface area contributed by atoms with Gasteiger partial charge < -0.3 is 10.1 Å². The molecule has 0 aromatic heterocycles. The number of hydrogen-bond donors (Lipinski definition) is 1. The summed E-state index contributed by atoms with van der Waals surface area (Å²) in [6, 6.07) is 0. The highest BCUT2D eigenvalue weighted by Gasteiger charge is 2.34. The largest absolute Gasteiger partial charge is 0.443 e. The summed E-state index contributed by atoms with van der Waals surface area (Å²) < 4.78 is 5.70. The van der Waals surface area contributed by atoms with Crippen molar-refractivity contribution in [3.8, 4) is 0 Å². The molecule has 120 valence electrons. The van der Waals surface area contributed by atoms with E-state index in [-0.39, 0.29) is 11.7 Å². The Labute approximate surface area is 129 Å². The van der Waals surface area contributed by atoms with Gasteiger partial charge in [-0.15, -0.1) is 0 Å². The van der Waals surface area contributed by atoms with Crippen molar-refractivity contribution >= 4 is 6.09 Å². The number of carbonyl (C=O) groups is 1. The van der Waals surface area contributed by atoms with Crippen LogP contribution in [-0.4, -0.2) is 18.2 Å². The van der Waals surface area contributed by atoms with E-state index in [1.54, 1.807) is 0 Å². The maximum Gasteiger partial charge on any atom is 0.407 e. The van der Waals surface area contributed by atoms with Gasteiger partial charge in [-0.2, -0.15) is 0 Å². The summed E-state index contributed by atoms with van der Waals surface area (Å²) in [7, 11) is 0. The lowest BCUT2D eigenvalue weighted by atomic mass is 9.79. The Kier molecular flexibility index (Phi) is 6.13. The van der Waals surface area contributed by atoms with E-state index in [1.165, 1.54) is 44.9 Å². The molecule has 2 rings (SSSR count). The van der Waals surface area contributed by atoms with Crippen LogP contribution >= 0.6 is 0 Å². The molecule has 3 nitrogen and oxygen atoms in total. The molecule has 0 spiro atoms. The Bertz CT molecular complexity index is 356. The van der Waals surface area contributed by atoms with Gasteiger partial charge in [-0.1, -0.05) is 31.4 Å². The van der Waals surface area contributed by atoms with Crippen molar-refractivity contribution < 1.29 is 9.53 Å². The van der Waals surface area contributed by atoms with Crippen molar-refractivity contribution in [1.82, 2.24) is 5.32 Å². The van der Waals surface area contributed by atoms with Crippen LogP contribution in [0.2, 0.25) is 0 Å². The van der Waals surface area contributed by atoms with Crippen molar-refractivity contribution in [3.05, 3.63) is 12.2 Å². The third-order valence-electron chi connectivity index (χ3n) is 5.14. The van der Waals surface area contributed by atoms with Crippen molar-refractivity contribution in [2.24, 2.45) is 11.8 Å². The molecule has 0 aromatic rings. The lowest BCUT2D eigenvalue weighted by Gasteiger charge is -2.36. The van der Waals surface area contributed by atoms with Crippen LogP contribution in [0.5, 0.6) is 0 Å². The number of allylic oxidation sites excluding steroid dienone is 2. The summed E-state index contributed by atoms with van der Waals surface area (Å²) in [4.78, 5) is 12.0. The van der Waals surface area contributed by atoms with Gasteiger partial charge in [0.25, 0.3) is 0 Å². The van der Waals surface area contributed by atoms with Crippen molar-refractivity contribution in [2.75, 3.05) is 6.54 Å². The molecule has 1 fully saturated rings. The Morgan fingerprint density at radius 2 is 1.95 bits per heavy atom. The minimum atomic E-state index is -0.335. The van der Waals surface area contributed by atoms with Crippen LogP contribution in [0.15, 0.2) is 12.2 Å². The van der Waals surface area contributed by atoms with E-state index in [1.807, 2.05) is 0 Å².